The molecule has 1 heterocycles. The lowest BCUT2D eigenvalue weighted by atomic mass is 9.89. The molecular formula is C16H20N2O2S. The van der Waals surface area contributed by atoms with E-state index in [9.17, 15) is 4.79 Å². The highest BCUT2D eigenvalue weighted by Crippen LogP contribution is 2.40. The Kier molecular flexibility index (Phi) is 3.93. The van der Waals surface area contributed by atoms with Crippen LogP contribution < -0.4 is 0 Å². The smallest absolute Gasteiger partial charge is 0.313 e. The summed E-state index contributed by atoms with van der Waals surface area (Å²) in [5, 5.41) is 9.74. The van der Waals surface area contributed by atoms with Crippen molar-refractivity contribution in [3.63, 3.8) is 0 Å². The van der Waals surface area contributed by atoms with Crippen LogP contribution in [0, 0.1) is 5.41 Å². The highest BCUT2D eigenvalue weighted by atomic mass is 32.2. The van der Waals surface area contributed by atoms with Gasteiger partial charge < -0.3 is 9.67 Å². The maximum absolute atomic E-state index is 10.8. The first kappa shape index (κ1) is 14.4. The molecule has 2 aromatic rings. The summed E-state index contributed by atoms with van der Waals surface area (Å²) in [4.78, 5) is 15.5. The van der Waals surface area contributed by atoms with E-state index >= 15 is 0 Å². The Bertz CT molecular complexity index is 659. The maximum Gasteiger partial charge on any atom is 0.313 e. The van der Waals surface area contributed by atoms with Crippen LogP contribution in [0.5, 0.6) is 0 Å². The summed E-state index contributed by atoms with van der Waals surface area (Å²) in [7, 11) is 0. The number of carboxylic acids is 1. The minimum atomic E-state index is -0.800. The van der Waals surface area contributed by atoms with Crippen LogP contribution in [0.3, 0.4) is 0 Å². The number of aliphatic carboxylic acids is 1. The first-order valence-electron chi connectivity index (χ1n) is 7.37. The van der Waals surface area contributed by atoms with E-state index in [0.717, 1.165) is 22.7 Å². The van der Waals surface area contributed by atoms with Crippen LogP contribution in [-0.2, 0) is 11.3 Å². The first-order valence-corrected chi connectivity index (χ1v) is 8.36. The number of para-hydroxylation sites is 2. The summed E-state index contributed by atoms with van der Waals surface area (Å²) in [5.74, 6) is -0.745. The van der Waals surface area contributed by atoms with Crippen molar-refractivity contribution in [1.82, 2.24) is 9.55 Å². The topological polar surface area (TPSA) is 55.1 Å². The molecule has 112 valence electrons. The van der Waals surface area contributed by atoms with Crippen LogP contribution in [0.1, 0.15) is 32.6 Å². The molecule has 0 saturated heterocycles. The van der Waals surface area contributed by atoms with Crippen molar-refractivity contribution in [2.75, 3.05) is 5.75 Å². The number of fused-ring (bicyclic) bond motifs is 1. The molecule has 0 spiro atoms. The van der Waals surface area contributed by atoms with Gasteiger partial charge in [0.1, 0.15) is 0 Å². The number of aromatic nitrogens is 2. The molecule has 3 rings (SSSR count). The van der Waals surface area contributed by atoms with Crippen LogP contribution >= 0.6 is 11.8 Å². The molecular weight excluding hydrogens is 284 g/mol. The molecule has 1 aromatic heterocycles. The average molecular weight is 304 g/mol. The fourth-order valence-electron chi connectivity index (χ4n) is 3.21. The Hall–Kier alpha value is -1.49. The van der Waals surface area contributed by atoms with Gasteiger partial charge in [-0.2, -0.15) is 0 Å². The van der Waals surface area contributed by atoms with E-state index in [-0.39, 0.29) is 5.75 Å². The lowest BCUT2D eigenvalue weighted by molar-refractivity contribution is -0.133. The van der Waals surface area contributed by atoms with Gasteiger partial charge in [0.2, 0.25) is 0 Å². The lowest BCUT2D eigenvalue weighted by Crippen LogP contribution is -2.20. The minimum absolute atomic E-state index is 0.0556. The van der Waals surface area contributed by atoms with Gasteiger partial charge in [-0.25, -0.2) is 4.98 Å². The molecule has 1 fully saturated rings. The molecule has 0 atom stereocenters. The third-order valence-electron chi connectivity index (χ3n) is 4.29. The normalized spacial score (nSPS) is 17.4. The van der Waals surface area contributed by atoms with Gasteiger partial charge >= 0.3 is 5.97 Å². The standard InChI is InChI=1S/C16H20N2O2S/c1-16(8-4-5-9-16)11-18-13-7-3-2-6-12(13)17-15(18)21-10-14(19)20/h2-3,6-7H,4-5,8-11H2,1H3,(H,19,20). The zero-order valence-corrected chi connectivity index (χ0v) is 13.0. The number of benzene rings is 1. The largest absolute Gasteiger partial charge is 0.481 e. The second-order valence-corrected chi connectivity index (χ2v) is 7.11. The van der Waals surface area contributed by atoms with Gasteiger partial charge in [-0.15, -0.1) is 0 Å². The number of carboxylic acid groups (broad SMARTS) is 1. The number of thioether (sulfide) groups is 1. The van der Waals surface area contributed by atoms with Crippen molar-refractivity contribution in [2.45, 2.75) is 44.3 Å². The van der Waals surface area contributed by atoms with Crippen LogP contribution in [-0.4, -0.2) is 26.4 Å². The average Bonchev–Trinajstić information content (AvgIpc) is 3.02. The molecule has 0 bridgehead atoms. The summed E-state index contributed by atoms with van der Waals surface area (Å²) in [6.45, 7) is 3.26. The van der Waals surface area contributed by atoms with Crippen LogP contribution in [0.15, 0.2) is 29.4 Å². The Balaban J connectivity index is 1.96. The quantitative estimate of drug-likeness (QED) is 0.854. The zero-order valence-electron chi connectivity index (χ0n) is 12.2. The van der Waals surface area contributed by atoms with Crippen LogP contribution in [0.25, 0.3) is 11.0 Å². The maximum atomic E-state index is 10.8. The molecule has 21 heavy (non-hydrogen) atoms. The molecule has 1 aromatic carbocycles. The molecule has 4 nitrogen and oxygen atoms in total. The molecule has 1 aliphatic rings. The van der Waals surface area contributed by atoms with Gasteiger partial charge in [-0.1, -0.05) is 43.7 Å². The van der Waals surface area contributed by atoms with Crippen molar-refractivity contribution in [1.29, 1.82) is 0 Å². The Morgan fingerprint density at radius 3 is 2.81 bits per heavy atom. The Morgan fingerprint density at radius 1 is 1.38 bits per heavy atom. The SMILES string of the molecule is CC1(Cn2c(SCC(=O)O)nc3ccccc32)CCCC1. The minimum Gasteiger partial charge on any atom is -0.481 e. The molecule has 1 N–H and O–H groups in total. The third-order valence-corrected chi connectivity index (χ3v) is 5.26. The summed E-state index contributed by atoms with van der Waals surface area (Å²) in [6.07, 6.45) is 5.06. The number of rotatable bonds is 5. The first-order chi connectivity index (χ1) is 10.1. The second-order valence-electron chi connectivity index (χ2n) is 6.17. The van der Waals surface area contributed by atoms with Crippen LogP contribution in [0.4, 0.5) is 0 Å². The number of carbonyl (C=O) groups is 1. The predicted octanol–water partition coefficient (Wildman–Crippen LogP) is 3.79. The van der Waals surface area contributed by atoms with Crippen molar-refractivity contribution in [3.8, 4) is 0 Å². The molecule has 0 unspecified atom stereocenters. The Labute approximate surface area is 128 Å². The highest BCUT2D eigenvalue weighted by molar-refractivity contribution is 7.99. The van der Waals surface area contributed by atoms with Crippen molar-refractivity contribution in [3.05, 3.63) is 24.3 Å². The fraction of sp³-hybridized carbons (Fsp3) is 0.500. The van der Waals surface area contributed by atoms with E-state index in [1.165, 1.54) is 37.4 Å². The van der Waals surface area contributed by atoms with Crippen molar-refractivity contribution >= 4 is 28.8 Å². The highest BCUT2D eigenvalue weighted by Gasteiger charge is 2.30. The lowest BCUT2D eigenvalue weighted by Gasteiger charge is -2.25. The predicted molar refractivity (Wildman–Crippen MR) is 84.7 cm³/mol. The molecule has 0 amide bonds. The van der Waals surface area contributed by atoms with Gasteiger partial charge in [0, 0.05) is 6.54 Å². The molecule has 0 aliphatic heterocycles. The zero-order chi connectivity index (χ0) is 14.9. The van der Waals surface area contributed by atoms with Gasteiger partial charge in [-0.3, -0.25) is 4.79 Å². The van der Waals surface area contributed by atoms with Gasteiger partial charge in [-0.05, 0) is 30.4 Å². The molecule has 1 saturated carbocycles. The summed E-state index contributed by atoms with van der Waals surface area (Å²) in [6, 6.07) is 8.06. The molecule has 5 heteroatoms. The second kappa shape index (κ2) is 5.72. The fourth-order valence-corrected chi connectivity index (χ4v) is 3.95. The Morgan fingerprint density at radius 2 is 2.10 bits per heavy atom. The summed E-state index contributed by atoms with van der Waals surface area (Å²) >= 11 is 1.32. The van der Waals surface area contributed by atoms with E-state index in [4.69, 9.17) is 5.11 Å². The molecule has 1 aliphatic carbocycles. The van der Waals surface area contributed by atoms with E-state index < -0.39 is 5.97 Å². The number of imidazole rings is 1. The van der Waals surface area contributed by atoms with Crippen LogP contribution in [0.2, 0.25) is 0 Å². The van der Waals surface area contributed by atoms with Crippen molar-refractivity contribution < 1.29 is 9.90 Å². The summed E-state index contributed by atoms with van der Waals surface area (Å²) < 4.78 is 2.22. The van der Waals surface area contributed by atoms with E-state index in [0.29, 0.717) is 5.41 Å². The van der Waals surface area contributed by atoms with Gasteiger partial charge in [0.15, 0.2) is 5.16 Å². The van der Waals surface area contributed by atoms with Gasteiger partial charge in [0.25, 0.3) is 0 Å². The third kappa shape index (κ3) is 3.07. The molecule has 0 radical (unpaired) electrons. The van der Waals surface area contributed by atoms with E-state index in [2.05, 4.69) is 22.5 Å². The van der Waals surface area contributed by atoms with E-state index in [1.54, 1.807) is 0 Å². The number of nitrogens with zero attached hydrogens (tertiary/aromatic N) is 2. The number of hydrogen-bond donors (Lipinski definition) is 1. The number of hydrogen-bond acceptors (Lipinski definition) is 3. The monoisotopic (exact) mass is 304 g/mol. The summed E-state index contributed by atoms with van der Waals surface area (Å²) in [5.41, 5.74) is 2.37. The van der Waals surface area contributed by atoms with Crippen molar-refractivity contribution in [2.24, 2.45) is 5.41 Å². The van der Waals surface area contributed by atoms with Gasteiger partial charge in [0.05, 0.1) is 16.8 Å². The van der Waals surface area contributed by atoms with E-state index in [1.807, 2.05) is 18.2 Å².